The van der Waals surface area contributed by atoms with E-state index in [1.54, 1.807) is 4.68 Å². The molecule has 2 rings (SSSR count). The van der Waals surface area contributed by atoms with Gasteiger partial charge in [-0.25, -0.2) is 4.68 Å². The summed E-state index contributed by atoms with van der Waals surface area (Å²) in [5, 5.41) is 4.19. The molecule has 0 saturated carbocycles. The summed E-state index contributed by atoms with van der Waals surface area (Å²) in [5.74, 6) is 0.626. The zero-order valence-electron chi connectivity index (χ0n) is 9.47. The Bertz CT molecular complexity index is 477. The second-order valence-electron chi connectivity index (χ2n) is 3.70. The van der Waals surface area contributed by atoms with Gasteiger partial charge in [0.25, 0.3) is 0 Å². The first-order chi connectivity index (χ1) is 7.68. The van der Waals surface area contributed by atoms with Crippen molar-refractivity contribution in [1.82, 2.24) is 9.78 Å². The molecule has 0 aliphatic heterocycles. The van der Waals surface area contributed by atoms with Gasteiger partial charge in [0, 0.05) is 7.05 Å². The lowest BCUT2D eigenvalue weighted by Gasteiger charge is -2.06. The molecule has 2 N–H and O–H groups in total. The van der Waals surface area contributed by atoms with Gasteiger partial charge in [-0.15, -0.1) is 0 Å². The van der Waals surface area contributed by atoms with Crippen LogP contribution in [0, 0.1) is 6.92 Å². The minimum Gasteiger partial charge on any atom is -0.471 e. The van der Waals surface area contributed by atoms with Crippen LogP contribution in [0.1, 0.15) is 11.3 Å². The van der Waals surface area contributed by atoms with E-state index in [-0.39, 0.29) is 0 Å². The number of nitrogen functional groups attached to an aromatic ring is 1. The summed E-state index contributed by atoms with van der Waals surface area (Å²) in [7, 11) is 1.82. The number of nitrogens with two attached hydrogens (primary N) is 1. The number of rotatable bonds is 3. The van der Waals surface area contributed by atoms with Crippen LogP contribution in [0.25, 0.3) is 0 Å². The summed E-state index contributed by atoms with van der Waals surface area (Å²) in [4.78, 5) is 0. The third kappa shape index (κ3) is 2.00. The summed E-state index contributed by atoms with van der Waals surface area (Å²) in [6.07, 6.45) is 0. The summed E-state index contributed by atoms with van der Waals surface area (Å²) in [6.45, 7) is 2.37. The first-order valence-corrected chi connectivity index (χ1v) is 5.14. The van der Waals surface area contributed by atoms with Crippen molar-refractivity contribution in [2.45, 2.75) is 13.5 Å². The first kappa shape index (κ1) is 10.5. The van der Waals surface area contributed by atoms with E-state index in [4.69, 9.17) is 10.5 Å². The minimum atomic E-state index is 0.504. The molecule has 0 aliphatic carbocycles. The van der Waals surface area contributed by atoms with Crippen LogP contribution in [0.4, 0.5) is 5.69 Å². The van der Waals surface area contributed by atoms with E-state index in [2.05, 4.69) is 5.10 Å². The Morgan fingerprint density at radius 3 is 2.56 bits per heavy atom. The molecule has 4 heteroatoms. The number of aromatic nitrogens is 2. The monoisotopic (exact) mass is 217 g/mol. The van der Waals surface area contributed by atoms with Gasteiger partial charge in [-0.2, -0.15) is 5.10 Å². The smallest absolute Gasteiger partial charge is 0.236 e. The fourth-order valence-corrected chi connectivity index (χ4v) is 1.55. The number of hydrogen-bond donors (Lipinski definition) is 1. The zero-order chi connectivity index (χ0) is 11.5. The van der Waals surface area contributed by atoms with Gasteiger partial charge < -0.3 is 10.5 Å². The highest BCUT2D eigenvalue weighted by Gasteiger charge is 2.10. The number of hydrogen-bond acceptors (Lipinski definition) is 3. The molecule has 0 unspecified atom stereocenters. The molecule has 0 saturated heterocycles. The van der Waals surface area contributed by atoms with Gasteiger partial charge in [0.05, 0.1) is 5.69 Å². The molecule has 0 fully saturated rings. The molecule has 4 nitrogen and oxygen atoms in total. The second kappa shape index (κ2) is 4.26. The fraction of sp³-hybridized carbons (Fsp3) is 0.250. The number of ether oxygens (including phenoxy) is 1. The quantitative estimate of drug-likeness (QED) is 0.854. The van der Waals surface area contributed by atoms with Gasteiger partial charge in [0.1, 0.15) is 12.3 Å². The van der Waals surface area contributed by atoms with E-state index >= 15 is 0 Å². The topological polar surface area (TPSA) is 53.1 Å². The molecule has 0 amide bonds. The van der Waals surface area contributed by atoms with Crippen molar-refractivity contribution in [2.75, 3.05) is 5.73 Å². The molecule has 0 atom stereocenters. The van der Waals surface area contributed by atoms with Crippen LogP contribution < -0.4 is 10.5 Å². The minimum absolute atomic E-state index is 0.504. The predicted octanol–water partition coefficient (Wildman–Crippen LogP) is 1.89. The highest BCUT2D eigenvalue weighted by Crippen LogP contribution is 2.24. The Morgan fingerprint density at radius 1 is 1.31 bits per heavy atom. The van der Waals surface area contributed by atoms with E-state index in [1.807, 2.05) is 44.3 Å². The van der Waals surface area contributed by atoms with Crippen LogP contribution in [-0.2, 0) is 13.7 Å². The Labute approximate surface area is 94.6 Å². The van der Waals surface area contributed by atoms with E-state index in [0.29, 0.717) is 18.2 Å². The van der Waals surface area contributed by atoms with E-state index < -0.39 is 0 Å². The highest BCUT2D eigenvalue weighted by molar-refractivity contribution is 5.52. The Balaban J connectivity index is 2.11. The van der Waals surface area contributed by atoms with Crippen LogP contribution in [0.2, 0.25) is 0 Å². The Morgan fingerprint density at radius 2 is 2.00 bits per heavy atom. The highest BCUT2D eigenvalue weighted by atomic mass is 16.5. The molecular formula is C12H15N3O. The summed E-state index contributed by atoms with van der Waals surface area (Å²) in [5.41, 5.74) is 8.38. The van der Waals surface area contributed by atoms with Gasteiger partial charge in [-0.1, -0.05) is 30.3 Å². The summed E-state index contributed by atoms with van der Waals surface area (Å²) >= 11 is 0. The molecule has 0 radical (unpaired) electrons. The molecule has 84 valence electrons. The summed E-state index contributed by atoms with van der Waals surface area (Å²) < 4.78 is 7.31. The van der Waals surface area contributed by atoms with Gasteiger partial charge in [-0.3, -0.25) is 0 Å². The lowest BCUT2D eigenvalue weighted by Crippen LogP contribution is -2.02. The molecule has 0 bridgehead atoms. The molecule has 2 aromatic rings. The second-order valence-corrected chi connectivity index (χ2v) is 3.70. The molecule has 1 aromatic heterocycles. The normalized spacial score (nSPS) is 10.4. The number of anilines is 1. The Hall–Kier alpha value is -1.97. The summed E-state index contributed by atoms with van der Waals surface area (Å²) in [6, 6.07) is 9.97. The van der Waals surface area contributed by atoms with Crippen LogP contribution >= 0.6 is 0 Å². The van der Waals surface area contributed by atoms with Crippen molar-refractivity contribution in [3.05, 3.63) is 41.6 Å². The third-order valence-electron chi connectivity index (χ3n) is 2.43. The molecular weight excluding hydrogens is 202 g/mol. The lowest BCUT2D eigenvalue weighted by molar-refractivity contribution is 0.280. The lowest BCUT2D eigenvalue weighted by atomic mass is 10.2. The zero-order valence-corrected chi connectivity index (χ0v) is 9.47. The first-order valence-electron chi connectivity index (χ1n) is 5.14. The van der Waals surface area contributed by atoms with Gasteiger partial charge in [0.2, 0.25) is 5.88 Å². The molecule has 16 heavy (non-hydrogen) atoms. The van der Waals surface area contributed by atoms with Crippen LogP contribution in [0.5, 0.6) is 5.88 Å². The average Bonchev–Trinajstić information content (AvgIpc) is 2.53. The number of nitrogens with zero attached hydrogens (tertiary/aromatic N) is 2. The van der Waals surface area contributed by atoms with E-state index in [0.717, 1.165) is 11.3 Å². The van der Waals surface area contributed by atoms with Crippen LogP contribution in [-0.4, -0.2) is 9.78 Å². The van der Waals surface area contributed by atoms with Gasteiger partial charge in [0.15, 0.2) is 0 Å². The van der Waals surface area contributed by atoms with E-state index in [9.17, 15) is 0 Å². The molecule has 1 heterocycles. The van der Waals surface area contributed by atoms with Crippen LogP contribution in [0.15, 0.2) is 30.3 Å². The van der Waals surface area contributed by atoms with Gasteiger partial charge in [-0.05, 0) is 12.5 Å². The van der Waals surface area contributed by atoms with Crippen molar-refractivity contribution >= 4 is 5.69 Å². The van der Waals surface area contributed by atoms with Crippen molar-refractivity contribution in [3.8, 4) is 5.88 Å². The van der Waals surface area contributed by atoms with Gasteiger partial charge >= 0.3 is 0 Å². The maximum Gasteiger partial charge on any atom is 0.236 e. The number of benzene rings is 1. The number of aryl methyl sites for hydroxylation is 2. The molecule has 0 aliphatic rings. The fourth-order valence-electron chi connectivity index (χ4n) is 1.55. The SMILES string of the molecule is Cc1nn(C)c(OCc2ccccc2)c1N. The maximum atomic E-state index is 5.86. The van der Waals surface area contributed by atoms with Crippen LogP contribution in [0.3, 0.4) is 0 Å². The Kier molecular flexibility index (Phi) is 2.81. The predicted molar refractivity (Wildman–Crippen MR) is 63.1 cm³/mol. The van der Waals surface area contributed by atoms with Crippen molar-refractivity contribution in [3.63, 3.8) is 0 Å². The average molecular weight is 217 g/mol. The van der Waals surface area contributed by atoms with Crippen molar-refractivity contribution < 1.29 is 4.74 Å². The van der Waals surface area contributed by atoms with Crippen molar-refractivity contribution in [2.24, 2.45) is 7.05 Å². The standard InChI is InChI=1S/C12H15N3O/c1-9-11(13)12(15(2)14-9)16-8-10-6-4-3-5-7-10/h3-7H,8,13H2,1-2H3. The molecule has 1 aromatic carbocycles. The largest absolute Gasteiger partial charge is 0.471 e. The molecule has 0 spiro atoms. The third-order valence-corrected chi connectivity index (χ3v) is 2.43. The maximum absolute atomic E-state index is 5.86. The van der Waals surface area contributed by atoms with Crippen molar-refractivity contribution in [1.29, 1.82) is 0 Å². The van der Waals surface area contributed by atoms with E-state index in [1.165, 1.54) is 0 Å².